The zero-order valence-electron chi connectivity index (χ0n) is 14.7. The zero-order valence-corrected chi connectivity index (χ0v) is 17.1. The number of aromatic nitrogens is 3. The molecule has 0 spiro atoms. The number of esters is 1. The highest BCUT2D eigenvalue weighted by atomic mass is 35.5. The van der Waals surface area contributed by atoms with Crippen LogP contribution in [0, 0.1) is 4.77 Å². The Balaban J connectivity index is 1.83. The SMILES string of the molecule is CCn1c(-c2ccc(Cl)cc2)nn(CN2CCS[C@H](C(=O)OC)C2)c1=S. The van der Waals surface area contributed by atoms with E-state index in [2.05, 4.69) is 4.90 Å². The van der Waals surface area contributed by atoms with Gasteiger partial charge in [-0.05, 0) is 43.4 Å². The summed E-state index contributed by atoms with van der Waals surface area (Å²) in [4.78, 5) is 14.0. The Hall–Kier alpha value is -1.35. The predicted molar refractivity (Wildman–Crippen MR) is 107 cm³/mol. The molecule has 1 aromatic heterocycles. The van der Waals surface area contributed by atoms with E-state index in [0.717, 1.165) is 30.2 Å². The van der Waals surface area contributed by atoms with Crippen molar-refractivity contribution in [3.05, 3.63) is 34.1 Å². The minimum absolute atomic E-state index is 0.160. The van der Waals surface area contributed by atoms with Crippen molar-refractivity contribution in [1.82, 2.24) is 19.2 Å². The Bertz CT molecular complexity index is 834. The second-order valence-electron chi connectivity index (χ2n) is 5.96. The number of benzene rings is 1. The molecule has 2 heterocycles. The van der Waals surface area contributed by atoms with E-state index in [0.29, 0.717) is 23.0 Å². The molecule has 1 fully saturated rings. The molecule has 1 aromatic carbocycles. The van der Waals surface area contributed by atoms with Crippen LogP contribution in [0.5, 0.6) is 0 Å². The Morgan fingerprint density at radius 1 is 1.42 bits per heavy atom. The minimum atomic E-state index is -0.177. The molecule has 1 saturated heterocycles. The average molecular weight is 413 g/mol. The molecule has 140 valence electrons. The van der Waals surface area contributed by atoms with E-state index in [-0.39, 0.29) is 11.2 Å². The number of halogens is 1. The Kier molecular flexibility index (Phi) is 6.39. The maximum absolute atomic E-state index is 11.8. The summed E-state index contributed by atoms with van der Waals surface area (Å²) in [6.07, 6.45) is 0. The molecule has 3 rings (SSSR count). The molecule has 1 aliphatic rings. The number of ether oxygens (including phenoxy) is 1. The number of carbonyl (C=O) groups is 1. The molecule has 0 bridgehead atoms. The maximum atomic E-state index is 11.8. The van der Waals surface area contributed by atoms with Gasteiger partial charge in [-0.2, -0.15) is 5.10 Å². The van der Waals surface area contributed by atoms with Crippen LogP contribution in [0.15, 0.2) is 24.3 Å². The third-order valence-electron chi connectivity index (χ3n) is 4.29. The molecule has 9 heteroatoms. The van der Waals surface area contributed by atoms with Crippen molar-refractivity contribution >= 4 is 41.6 Å². The molecule has 0 unspecified atom stereocenters. The van der Waals surface area contributed by atoms with Crippen LogP contribution in [0.4, 0.5) is 0 Å². The number of thioether (sulfide) groups is 1. The van der Waals surface area contributed by atoms with E-state index in [1.165, 1.54) is 7.11 Å². The molecule has 1 aliphatic heterocycles. The van der Waals surface area contributed by atoms with E-state index < -0.39 is 0 Å². The number of carbonyl (C=O) groups excluding carboxylic acids is 1. The van der Waals surface area contributed by atoms with Crippen LogP contribution in [0.1, 0.15) is 6.92 Å². The molecule has 0 N–H and O–H groups in total. The van der Waals surface area contributed by atoms with E-state index in [9.17, 15) is 4.79 Å². The standard InChI is InChI=1S/C17H21ClN4O2S2/c1-3-21-15(12-4-6-13(18)7-5-12)19-22(17(21)25)11-20-8-9-26-14(10-20)16(23)24-2/h4-7,14H,3,8-11H2,1-2H3/t14-/m0/s1. The van der Waals surface area contributed by atoms with Gasteiger partial charge in [-0.1, -0.05) is 11.6 Å². The van der Waals surface area contributed by atoms with Crippen molar-refractivity contribution in [2.45, 2.75) is 25.4 Å². The van der Waals surface area contributed by atoms with Gasteiger partial charge < -0.3 is 9.30 Å². The van der Waals surface area contributed by atoms with Crippen molar-refractivity contribution in [3.63, 3.8) is 0 Å². The Morgan fingerprint density at radius 2 is 2.15 bits per heavy atom. The second-order valence-corrected chi connectivity index (χ2v) is 8.07. The van der Waals surface area contributed by atoms with Crippen LogP contribution >= 0.6 is 35.6 Å². The van der Waals surface area contributed by atoms with Gasteiger partial charge in [0, 0.05) is 36.0 Å². The van der Waals surface area contributed by atoms with Crippen LogP contribution in [-0.4, -0.2) is 56.4 Å². The van der Waals surface area contributed by atoms with Gasteiger partial charge in [0.25, 0.3) is 0 Å². The number of nitrogens with zero attached hydrogens (tertiary/aromatic N) is 4. The van der Waals surface area contributed by atoms with Gasteiger partial charge in [0.1, 0.15) is 5.25 Å². The van der Waals surface area contributed by atoms with Crippen LogP contribution in [0.2, 0.25) is 5.02 Å². The minimum Gasteiger partial charge on any atom is -0.468 e. The highest BCUT2D eigenvalue weighted by Crippen LogP contribution is 2.23. The van der Waals surface area contributed by atoms with Crippen molar-refractivity contribution in [2.24, 2.45) is 0 Å². The van der Waals surface area contributed by atoms with Gasteiger partial charge in [0.15, 0.2) is 10.6 Å². The van der Waals surface area contributed by atoms with Crippen molar-refractivity contribution < 1.29 is 9.53 Å². The van der Waals surface area contributed by atoms with Crippen LogP contribution in [0.3, 0.4) is 0 Å². The number of hydrogen-bond acceptors (Lipinski definition) is 6. The summed E-state index contributed by atoms with van der Waals surface area (Å²) in [7, 11) is 1.43. The highest BCUT2D eigenvalue weighted by molar-refractivity contribution is 8.00. The van der Waals surface area contributed by atoms with E-state index in [1.807, 2.05) is 40.4 Å². The van der Waals surface area contributed by atoms with E-state index in [4.69, 9.17) is 33.7 Å². The first kappa shape index (κ1) is 19.4. The van der Waals surface area contributed by atoms with Crippen molar-refractivity contribution in [1.29, 1.82) is 0 Å². The molecule has 2 aromatic rings. The zero-order chi connectivity index (χ0) is 18.7. The number of hydrogen-bond donors (Lipinski definition) is 0. The largest absolute Gasteiger partial charge is 0.468 e. The lowest BCUT2D eigenvalue weighted by atomic mass is 10.2. The summed E-state index contributed by atoms with van der Waals surface area (Å²) < 4.78 is 9.38. The Morgan fingerprint density at radius 3 is 2.81 bits per heavy atom. The van der Waals surface area contributed by atoms with E-state index in [1.54, 1.807) is 11.8 Å². The molecule has 1 atom stereocenters. The van der Waals surface area contributed by atoms with Gasteiger partial charge in [0.05, 0.1) is 13.8 Å². The predicted octanol–water partition coefficient (Wildman–Crippen LogP) is 3.30. The molecule has 6 nitrogen and oxygen atoms in total. The fourth-order valence-corrected chi connectivity index (χ4v) is 4.56. The summed E-state index contributed by atoms with van der Waals surface area (Å²) in [6, 6.07) is 7.59. The molecule has 26 heavy (non-hydrogen) atoms. The van der Waals surface area contributed by atoms with Gasteiger partial charge in [-0.3, -0.25) is 9.69 Å². The molecule has 0 radical (unpaired) electrons. The number of methoxy groups -OCH3 is 1. The van der Waals surface area contributed by atoms with Gasteiger partial charge in [-0.15, -0.1) is 11.8 Å². The summed E-state index contributed by atoms with van der Waals surface area (Å²) in [5, 5.41) is 5.26. The smallest absolute Gasteiger partial charge is 0.320 e. The van der Waals surface area contributed by atoms with Crippen molar-refractivity contribution in [2.75, 3.05) is 26.0 Å². The topological polar surface area (TPSA) is 52.3 Å². The lowest BCUT2D eigenvalue weighted by Crippen LogP contribution is -2.42. The van der Waals surface area contributed by atoms with Crippen LogP contribution < -0.4 is 0 Å². The first-order valence-corrected chi connectivity index (χ1v) is 10.2. The lowest BCUT2D eigenvalue weighted by Gasteiger charge is -2.30. The second kappa shape index (κ2) is 8.56. The quantitative estimate of drug-likeness (QED) is 0.554. The first-order chi connectivity index (χ1) is 12.5. The fourth-order valence-electron chi connectivity index (χ4n) is 2.93. The van der Waals surface area contributed by atoms with Gasteiger partial charge in [-0.25, -0.2) is 4.68 Å². The Labute approximate surface area is 167 Å². The van der Waals surface area contributed by atoms with Crippen LogP contribution in [0.25, 0.3) is 11.4 Å². The summed E-state index contributed by atoms with van der Waals surface area (Å²) in [6.45, 7) is 4.85. The first-order valence-electron chi connectivity index (χ1n) is 8.38. The highest BCUT2D eigenvalue weighted by Gasteiger charge is 2.27. The molecule has 0 amide bonds. The van der Waals surface area contributed by atoms with Gasteiger partial charge >= 0.3 is 5.97 Å². The average Bonchev–Trinajstić information content (AvgIpc) is 2.97. The maximum Gasteiger partial charge on any atom is 0.320 e. The number of rotatable bonds is 5. The van der Waals surface area contributed by atoms with Crippen molar-refractivity contribution in [3.8, 4) is 11.4 Å². The van der Waals surface area contributed by atoms with Gasteiger partial charge in [0.2, 0.25) is 0 Å². The molecule has 0 saturated carbocycles. The molecular formula is C17H21ClN4O2S2. The normalized spacial score (nSPS) is 18.0. The summed E-state index contributed by atoms with van der Waals surface area (Å²) in [5.41, 5.74) is 0.975. The fraction of sp³-hybridized carbons (Fsp3) is 0.471. The lowest BCUT2D eigenvalue weighted by molar-refractivity contribution is -0.140. The molecular weight excluding hydrogens is 392 g/mol. The molecule has 0 aliphatic carbocycles. The monoisotopic (exact) mass is 412 g/mol. The third kappa shape index (κ3) is 4.14. The summed E-state index contributed by atoms with van der Waals surface area (Å²) in [5.74, 6) is 1.53. The van der Waals surface area contributed by atoms with Crippen LogP contribution in [-0.2, 0) is 22.7 Å². The third-order valence-corrected chi connectivity index (χ3v) is 6.14. The summed E-state index contributed by atoms with van der Waals surface area (Å²) >= 11 is 13.2. The van der Waals surface area contributed by atoms with E-state index >= 15 is 0 Å².